The van der Waals surface area contributed by atoms with Gasteiger partial charge in [-0.15, -0.1) is 0 Å². The lowest BCUT2D eigenvalue weighted by Gasteiger charge is -2.19. The van der Waals surface area contributed by atoms with Crippen LogP contribution in [0.2, 0.25) is 0 Å². The van der Waals surface area contributed by atoms with Gasteiger partial charge in [0.2, 0.25) is 5.91 Å². The summed E-state index contributed by atoms with van der Waals surface area (Å²) in [6.45, 7) is 0.594. The van der Waals surface area contributed by atoms with Gasteiger partial charge in [-0.05, 0) is 55.5 Å². The highest BCUT2D eigenvalue weighted by molar-refractivity contribution is 5.97. The van der Waals surface area contributed by atoms with Crippen molar-refractivity contribution < 1.29 is 19.1 Å². The zero-order chi connectivity index (χ0) is 19.5. The van der Waals surface area contributed by atoms with Crippen LogP contribution < -0.4 is 14.4 Å². The van der Waals surface area contributed by atoms with Crippen LogP contribution in [0.3, 0.4) is 0 Å². The van der Waals surface area contributed by atoms with E-state index in [9.17, 15) is 9.59 Å². The van der Waals surface area contributed by atoms with Crippen molar-refractivity contribution in [2.24, 2.45) is 0 Å². The first-order valence-electron chi connectivity index (χ1n) is 9.88. The van der Waals surface area contributed by atoms with Crippen molar-refractivity contribution in [2.45, 2.75) is 44.1 Å². The second-order valence-electron chi connectivity index (χ2n) is 7.55. The van der Waals surface area contributed by atoms with Crippen molar-refractivity contribution in [3.05, 3.63) is 53.6 Å². The molecule has 1 saturated carbocycles. The number of aldehydes is 1. The molecule has 1 aliphatic heterocycles. The van der Waals surface area contributed by atoms with Gasteiger partial charge in [-0.2, -0.15) is 0 Å². The lowest BCUT2D eigenvalue weighted by Crippen LogP contribution is -2.24. The van der Waals surface area contributed by atoms with Crippen LogP contribution in [-0.4, -0.2) is 32.0 Å². The summed E-state index contributed by atoms with van der Waals surface area (Å²) in [5.41, 5.74) is 2.43. The van der Waals surface area contributed by atoms with Gasteiger partial charge in [-0.1, -0.05) is 18.2 Å². The van der Waals surface area contributed by atoms with Gasteiger partial charge in [0.15, 0.2) is 11.5 Å². The third-order valence-electron chi connectivity index (χ3n) is 5.70. The zero-order valence-corrected chi connectivity index (χ0v) is 16.1. The van der Waals surface area contributed by atoms with Gasteiger partial charge >= 0.3 is 0 Å². The Morgan fingerprint density at radius 2 is 1.89 bits per heavy atom. The van der Waals surface area contributed by atoms with Crippen LogP contribution in [-0.2, 0) is 4.79 Å². The zero-order valence-electron chi connectivity index (χ0n) is 16.1. The molecule has 2 aliphatic rings. The Bertz CT molecular complexity index is 873. The molecule has 1 amide bonds. The topological polar surface area (TPSA) is 55.8 Å². The van der Waals surface area contributed by atoms with Crippen LogP contribution in [0.4, 0.5) is 5.69 Å². The van der Waals surface area contributed by atoms with Crippen LogP contribution in [0, 0.1) is 0 Å². The number of hydrogen-bond acceptors (Lipinski definition) is 4. The van der Waals surface area contributed by atoms with E-state index in [1.165, 1.54) is 12.8 Å². The molecule has 4 rings (SSSR count). The van der Waals surface area contributed by atoms with Gasteiger partial charge in [-0.3, -0.25) is 9.59 Å². The molecule has 1 aliphatic carbocycles. The van der Waals surface area contributed by atoms with E-state index in [1.54, 1.807) is 30.2 Å². The number of amides is 1. The average Bonchev–Trinajstić information content (AvgIpc) is 3.37. The number of rotatable bonds is 6. The minimum atomic E-state index is 0.0714. The Labute approximate surface area is 165 Å². The number of benzene rings is 2. The van der Waals surface area contributed by atoms with Gasteiger partial charge in [0, 0.05) is 30.1 Å². The summed E-state index contributed by atoms with van der Waals surface area (Å²) in [5, 5.41) is 0. The van der Waals surface area contributed by atoms with Crippen molar-refractivity contribution in [3.63, 3.8) is 0 Å². The van der Waals surface area contributed by atoms with E-state index in [0.29, 0.717) is 18.5 Å². The Kier molecular flexibility index (Phi) is 5.33. The average molecular weight is 379 g/mol. The minimum absolute atomic E-state index is 0.0714. The van der Waals surface area contributed by atoms with Crippen LogP contribution >= 0.6 is 0 Å². The fourth-order valence-electron chi connectivity index (χ4n) is 4.17. The predicted octanol–water partition coefficient (Wildman–Crippen LogP) is 4.35. The molecule has 0 spiro atoms. The fraction of sp³-hybridized carbons (Fsp3) is 0.391. The monoisotopic (exact) mass is 379 g/mol. The number of methoxy groups -OCH3 is 1. The molecule has 1 saturated heterocycles. The molecule has 1 heterocycles. The third-order valence-corrected chi connectivity index (χ3v) is 5.70. The normalized spacial score (nSPS) is 19.8. The van der Waals surface area contributed by atoms with E-state index in [-0.39, 0.29) is 17.9 Å². The number of nitrogens with zero attached hydrogens (tertiary/aromatic N) is 1. The van der Waals surface area contributed by atoms with Crippen LogP contribution in [0.1, 0.15) is 53.9 Å². The van der Waals surface area contributed by atoms with Crippen molar-refractivity contribution in [3.8, 4) is 11.5 Å². The Morgan fingerprint density at radius 1 is 1.07 bits per heavy atom. The fourth-order valence-corrected chi connectivity index (χ4v) is 4.17. The second kappa shape index (κ2) is 8.05. The van der Waals surface area contributed by atoms with Gasteiger partial charge < -0.3 is 14.4 Å². The van der Waals surface area contributed by atoms with E-state index >= 15 is 0 Å². The summed E-state index contributed by atoms with van der Waals surface area (Å²) in [6, 6.07) is 13.2. The minimum Gasteiger partial charge on any atom is -0.493 e. The lowest BCUT2D eigenvalue weighted by molar-refractivity contribution is -0.117. The van der Waals surface area contributed by atoms with Crippen LogP contribution in [0.25, 0.3) is 0 Å². The van der Waals surface area contributed by atoms with E-state index in [1.807, 2.05) is 24.3 Å². The Balaban J connectivity index is 1.55. The first-order valence-corrected chi connectivity index (χ1v) is 9.88. The van der Waals surface area contributed by atoms with Gasteiger partial charge in [0.25, 0.3) is 0 Å². The van der Waals surface area contributed by atoms with E-state index in [2.05, 4.69) is 0 Å². The first-order chi connectivity index (χ1) is 13.7. The molecular weight excluding hydrogens is 354 g/mol. The number of carbonyl (C=O) groups excluding carboxylic acids is 2. The summed E-state index contributed by atoms with van der Waals surface area (Å²) in [7, 11) is 1.65. The quantitative estimate of drug-likeness (QED) is 0.700. The Morgan fingerprint density at radius 3 is 2.64 bits per heavy atom. The van der Waals surface area contributed by atoms with E-state index in [4.69, 9.17) is 9.47 Å². The molecule has 1 atom stereocenters. The highest BCUT2D eigenvalue weighted by atomic mass is 16.5. The van der Waals surface area contributed by atoms with Gasteiger partial charge in [-0.25, -0.2) is 0 Å². The smallest absolute Gasteiger partial charge is 0.227 e. The molecule has 2 aromatic rings. The molecule has 5 heteroatoms. The highest BCUT2D eigenvalue weighted by Gasteiger charge is 2.32. The largest absolute Gasteiger partial charge is 0.493 e. The molecule has 2 fully saturated rings. The first kappa shape index (κ1) is 18.5. The molecule has 0 aromatic heterocycles. The summed E-state index contributed by atoms with van der Waals surface area (Å²) in [4.78, 5) is 25.4. The van der Waals surface area contributed by atoms with Crippen LogP contribution in [0.5, 0.6) is 11.5 Å². The molecular formula is C23H25NO4. The summed E-state index contributed by atoms with van der Waals surface area (Å²) >= 11 is 0. The number of hydrogen-bond donors (Lipinski definition) is 0. The molecule has 0 N–H and O–H groups in total. The molecule has 5 nitrogen and oxygen atoms in total. The maximum absolute atomic E-state index is 12.6. The van der Waals surface area contributed by atoms with Crippen molar-refractivity contribution in [1.82, 2.24) is 0 Å². The van der Waals surface area contributed by atoms with Crippen molar-refractivity contribution in [1.29, 1.82) is 0 Å². The van der Waals surface area contributed by atoms with Gasteiger partial charge in [0.05, 0.1) is 13.2 Å². The van der Waals surface area contributed by atoms with E-state index in [0.717, 1.165) is 41.9 Å². The SMILES string of the molecule is COc1ccc([C@H]2CC(=O)N(c3cccc(C=O)c3)C2)cc1OC1CCCC1. The predicted molar refractivity (Wildman–Crippen MR) is 107 cm³/mol. The maximum Gasteiger partial charge on any atom is 0.227 e. The van der Waals surface area contributed by atoms with Crippen molar-refractivity contribution >= 4 is 17.9 Å². The molecule has 146 valence electrons. The third kappa shape index (κ3) is 3.75. The number of carbonyl (C=O) groups is 2. The summed E-state index contributed by atoms with van der Waals surface area (Å²) in [5.74, 6) is 1.66. The molecule has 0 radical (unpaired) electrons. The summed E-state index contributed by atoms with van der Waals surface area (Å²) < 4.78 is 11.7. The second-order valence-corrected chi connectivity index (χ2v) is 7.55. The number of anilines is 1. The maximum atomic E-state index is 12.6. The molecule has 28 heavy (non-hydrogen) atoms. The van der Waals surface area contributed by atoms with Crippen LogP contribution in [0.15, 0.2) is 42.5 Å². The molecule has 2 aromatic carbocycles. The lowest BCUT2D eigenvalue weighted by atomic mass is 9.98. The molecule has 0 bridgehead atoms. The summed E-state index contributed by atoms with van der Waals surface area (Å²) in [6.07, 6.45) is 6.07. The standard InChI is InChI=1S/C23H25NO4/c1-27-21-10-9-17(12-22(21)28-20-7-2-3-8-20)18-13-23(26)24(14-18)19-6-4-5-16(11-19)15-25/h4-6,9-12,15,18,20H,2-3,7-8,13-14H2,1H3/t18-/m0/s1. The Hall–Kier alpha value is -2.82. The highest BCUT2D eigenvalue weighted by Crippen LogP contribution is 2.38. The molecule has 0 unspecified atom stereocenters. The number of ether oxygens (including phenoxy) is 2. The van der Waals surface area contributed by atoms with Crippen molar-refractivity contribution in [2.75, 3.05) is 18.6 Å². The van der Waals surface area contributed by atoms with E-state index < -0.39 is 0 Å². The van der Waals surface area contributed by atoms with Gasteiger partial charge in [0.1, 0.15) is 6.29 Å².